The highest BCUT2D eigenvalue weighted by Gasteiger charge is 2.33. The van der Waals surface area contributed by atoms with Crippen molar-refractivity contribution in [2.75, 3.05) is 19.8 Å². The summed E-state index contributed by atoms with van der Waals surface area (Å²) in [6.45, 7) is 4.53. The number of carbonyl (C=O) groups excluding carboxylic acids is 2. The molecule has 0 saturated carbocycles. The van der Waals surface area contributed by atoms with Crippen molar-refractivity contribution in [3.8, 4) is 0 Å². The average molecular weight is 226 g/mol. The molecule has 2 amide bonds. The summed E-state index contributed by atoms with van der Waals surface area (Å²) in [6.07, 6.45) is 2.27. The lowest BCUT2D eigenvalue weighted by atomic mass is 9.82. The lowest BCUT2D eigenvalue weighted by molar-refractivity contribution is -0.125. The Bertz CT molecular complexity index is 298. The van der Waals surface area contributed by atoms with Gasteiger partial charge in [-0.3, -0.25) is 14.9 Å². The highest BCUT2D eigenvalue weighted by atomic mass is 16.5. The first-order valence-electron chi connectivity index (χ1n) is 5.74. The van der Waals surface area contributed by atoms with Gasteiger partial charge < -0.3 is 10.1 Å². The Morgan fingerprint density at radius 1 is 1.44 bits per heavy atom. The van der Waals surface area contributed by atoms with Gasteiger partial charge in [0.25, 0.3) is 0 Å². The van der Waals surface area contributed by atoms with Crippen molar-refractivity contribution in [2.45, 2.75) is 32.2 Å². The van der Waals surface area contributed by atoms with E-state index in [9.17, 15) is 9.59 Å². The van der Waals surface area contributed by atoms with Crippen LogP contribution >= 0.6 is 0 Å². The molecule has 0 radical (unpaired) electrons. The van der Waals surface area contributed by atoms with Crippen molar-refractivity contribution >= 4 is 11.8 Å². The van der Waals surface area contributed by atoms with Crippen LogP contribution in [0.4, 0.5) is 0 Å². The van der Waals surface area contributed by atoms with E-state index in [4.69, 9.17) is 4.74 Å². The SMILES string of the molecule is CC1(CNC2CC(=O)NC2=O)CCOCC1. The van der Waals surface area contributed by atoms with Gasteiger partial charge in [-0.25, -0.2) is 0 Å². The molecule has 2 fully saturated rings. The largest absolute Gasteiger partial charge is 0.381 e. The van der Waals surface area contributed by atoms with Crippen molar-refractivity contribution in [3.63, 3.8) is 0 Å². The fraction of sp³-hybridized carbons (Fsp3) is 0.818. The van der Waals surface area contributed by atoms with Crippen molar-refractivity contribution in [3.05, 3.63) is 0 Å². The van der Waals surface area contributed by atoms with Crippen LogP contribution in [0.2, 0.25) is 0 Å². The smallest absolute Gasteiger partial charge is 0.244 e. The Balaban J connectivity index is 1.82. The summed E-state index contributed by atoms with van der Waals surface area (Å²) >= 11 is 0. The molecule has 2 N–H and O–H groups in total. The van der Waals surface area contributed by atoms with E-state index in [1.807, 2.05) is 0 Å². The van der Waals surface area contributed by atoms with Crippen LogP contribution in [-0.2, 0) is 14.3 Å². The molecule has 0 aromatic carbocycles. The number of hydrogen-bond acceptors (Lipinski definition) is 4. The Morgan fingerprint density at radius 2 is 2.12 bits per heavy atom. The van der Waals surface area contributed by atoms with Crippen LogP contribution in [0.25, 0.3) is 0 Å². The Kier molecular flexibility index (Phi) is 3.25. The molecule has 0 aromatic heterocycles. The number of rotatable bonds is 3. The lowest BCUT2D eigenvalue weighted by Crippen LogP contribution is -2.44. The summed E-state index contributed by atoms with van der Waals surface area (Å²) in [4.78, 5) is 22.3. The molecule has 2 heterocycles. The third kappa shape index (κ3) is 2.59. The molecule has 5 heteroatoms. The van der Waals surface area contributed by atoms with E-state index in [0.717, 1.165) is 32.6 Å². The minimum atomic E-state index is -0.341. The number of carbonyl (C=O) groups is 2. The van der Waals surface area contributed by atoms with Gasteiger partial charge in [0.15, 0.2) is 0 Å². The van der Waals surface area contributed by atoms with Crippen LogP contribution in [0.5, 0.6) is 0 Å². The average Bonchev–Trinajstić information content (AvgIpc) is 2.56. The van der Waals surface area contributed by atoms with Gasteiger partial charge in [0, 0.05) is 19.8 Å². The molecule has 5 nitrogen and oxygen atoms in total. The number of amides is 2. The molecule has 0 aromatic rings. The summed E-state index contributed by atoms with van der Waals surface area (Å²) < 4.78 is 5.31. The Labute approximate surface area is 94.9 Å². The van der Waals surface area contributed by atoms with Crippen molar-refractivity contribution in [1.82, 2.24) is 10.6 Å². The Hall–Kier alpha value is -0.940. The number of imide groups is 1. The number of nitrogens with one attached hydrogen (secondary N) is 2. The normalized spacial score (nSPS) is 29.2. The molecule has 2 saturated heterocycles. The molecule has 16 heavy (non-hydrogen) atoms. The van der Waals surface area contributed by atoms with Crippen LogP contribution in [0, 0.1) is 5.41 Å². The third-order valence-electron chi connectivity index (χ3n) is 3.44. The fourth-order valence-corrected chi connectivity index (χ4v) is 2.13. The molecule has 90 valence electrons. The van der Waals surface area contributed by atoms with Crippen LogP contribution in [0.15, 0.2) is 0 Å². The van der Waals surface area contributed by atoms with E-state index >= 15 is 0 Å². The fourth-order valence-electron chi connectivity index (χ4n) is 2.13. The van der Waals surface area contributed by atoms with Crippen LogP contribution < -0.4 is 10.6 Å². The molecule has 2 aliphatic rings. The van der Waals surface area contributed by atoms with Gasteiger partial charge >= 0.3 is 0 Å². The first-order chi connectivity index (χ1) is 7.59. The zero-order chi connectivity index (χ0) is 11.6. The molecule has 0 bridgehead atoms. The topological polar surface area (TPSA) is 67.4 Å². The van der Waals surface area contributed by atoms with E-state index in [1.54, 1.807) is 0 Å². The highest BCUT2D eigenvalue weighted by molar-refractivity contribution is 6.05. The molecular weight excluding hydrogens is 208 g/mol. The van der Waals surface area contributed by atoms with Gasteiger partial charge in [0.2, 0.25) is 11.8 Å². The molecule has 0 aliphatic carbocycles. The second kappa shape index (κ2) is 4.51. The second-order valence-electron chi connectivity index (χ2n) is 4.97. The van der Waals surface area contributed by atoms with Crippen LogP contribution in [0.1, 0.15) is 26.2 Å². The first-order valence-corrected chi connectivity index (χ1v) is 5.74. The van der Waals surface area contributed by atoms with E-state index < -0.39 is 0 Å². The summed E-state index contributed by atoms with van der Waals surface area (Å²) in [7, 11) is 0. The van der Waals surface area contributed by atoms with E-state index in [-0.39, 0.29) is 29.7 Å². The predicted molar refractivity (Wildman–Crippen MR) is 57.7 cm³/mol. The number of ether oxygens (including phenoxy) is 1. The minimum Gasteiger partial charge on any atom is -0.381 e. The molecule has 2 aliphatic heterocycles. The Morgan fingerprint density at radius 3 is 2.69 bits per heavy atom. The maximum Gasteiger partial charge on any atom is 0.244 e. The molecular formula is C11H18N2O3. The maximum absolute atomic E-state index is 11.3. The molecule has 1 unspecified atom stereocenters. The molecule has 1 atom stereocenters. The van der Waals surface area contributed by atoms with Gasteiger partial charge in [-0.05, 0) is 18.3 Å². The summed E-state index contributed by atoms with van der Waals surface area (Å²) in [5.41, 5.74) is 0.185. The molecule has 0 spiro atoms. The number of hydrogen-bond donors (Lipinski definition) is 2. The van der Waals surface area contributed by atoms with Crippen LogP contribution in [-0.4, -0.2) is 37.6 Å². The molecule has 2 rings (SSSR count). The van der Waals surface area contributed by atoms with Gasteiger partial charge in [0.05, 0.1) is 12.5 Å². The second-order valence-corrected chi connectivity index (χ2v) is 4.97. The zero-order valence-corrected chi connectivity index (χ0v) is 9.54. The highest BCUT2D eigenvalue weighted by Crippen LogP contribution is 2.28. The minimum absolute atomic E-state index is 0.181. The monoisotopic (exact) mass is 226 g/mol. The summed E-state index contributed by atoms with van der Waals surface area (Å²) in [6, 6.07) is -0.341. The van der Waals surface area contributed by atoms with Gasteiger partial charge in [-0.15, -0.1) is 0 Å². The van der Waals surface area contributed by atoms with Crippen molar-refractivity contribution in [1.29, 1.82) is 0 Å². The van der Waals surface area contributed by atoms with Gasteiger partial charge in [-0.1, -0.05) is 6.92 Å². The van der Waals surface area contributed by atoms with Gasteiger partial charge in [-0.2, -0.15) is 0 Å². The summed E-state index contributed by atoms with van der Waals surface area (Å²) in [5, 5.41) is 5.49. The third-order valence-corrected chi connectivity index (χ3v) is 3.44. The summed E-state index contributed by atoms with van der Waals surface area (Å²) in [5.74, 6) is -0.375. The lowest BCUT2D eigenvalue weighted by Gasteiger charge is -2.34. The van der Waals surface area contributed by atoms with Crippen molar-refractivity contribution < 1.29 is 14.3 Å². The van der Waals surface area contributed by atoms with E-state index in [1.165, 1.54) is 0 Å². The first kappa shape index (κ1) is 11.5. The zero-order valence-electron chi connectivity index (χ0n) is 9.54. The van der Waals surface area contributed by atoms with Crippen molar-refractivity contribution in [2.24, 2.45) is 5.41 Å². The predicted octanol–water partition coefficient (Wildman–Crippen LogP) is -0.192. The quantitative estimate of drug-likeness (QED) is 0.654. The van der Waals surface area contributed by atoms with E-state index in [0.29, 0.717) is 0 Å². The standard InChI is InChI=1S/C11H18N2O3/c1-11(2-4-16-5-3-11)7-12-8-6-9(14)13-10(8)15/h8,12H,2-7H2,1H3,(H,13,14,15). The maximum atomic E-state index is 11.3. The van der Waals surface area contributed by atoms with E-state index in [2.05, 4.69) is 17.6 Å². The van der Waals surface area contributed by atoms with Crippen LogP contribution in [0.3, 0.4) is 0 Å². The van der Waals surface area contributed by atoms with Gasteiger partial charge in [0.1, 0.15) is 0 Å².